The van der Waals surface area contributed by atoms with Gasteiger partial charge in [0.2, 0.25) is 0 Å². The lowest BCUT2D eigenvalue weighted by molar-refractivity contribution is -0.140. The summed E-state index contributed by atoms with van der Waals surface area (Å²) in [6.45, 7) is 2.71. The van der Waals surface area contributed by atoms with E-state index in [1.165, 1.54) is 0 Å². The van der Waals surface area contributed by atoms with E-state index in [9.17, 15) is 4.79 Å². The van der Waals surface area contributed by atoms with Crippen molar-refractivity contribution in [2.75, 3.05) is 25.5 Å². The first-order valence-electron chi connectivity index (χ1n) is 9.00. The number of hydrogen-bond donors (Lipinski definition) is 2. The molecule has 0 saturated carbocycles. The van der Waals surface area contributed by atoms with Gasteiger partial charge in [-0.1, -0.05) is 42.5 Å². The molecule has 6 heteroatoms. The molecular weight excluding hydrogens is 364 g/mol. The molecule has 0 unspecified atom stereocenters. The van der Waals surface area contributed by atoms with Crippen LogP contribution in [0, 0.1) is 0 Å². The third kappa shape index (κ3) is 5.78. The molecule has 3 rings (SSSR count). The van der Waals surface area contributed by atoms with Crippen LogP contribution in [0.3, 0.4) is 0 Å². The summed E-state index contributed by atoms with van der Waals surface area (Å²) in [5.74, 6) is -0.0745. The summed E-state index contributed by atoms with van der Waals surface area (Å²) in [6.07, 6.45) is 1.36. The molecule has 0 bridgehead atoms. The Morgan fingerprint density at radius 2 is 1.59 bits per heavy atom. The van der Waals surface area contributed by atoms with Crippen molar-refractivity contribution < 1.29 is 14.3 Å². The van der Waals surface area contributed by atoms with Gasteiger partial charge in [0.1, 0.15) is 5.60 Å². The maximum atomic E-state index is 12.6. The van der Waals surface area contributed by atoms with Crippen molar-refractivity contribution in [2.24, 2.45) is 0 Å². The Kier molecular flexibility index (Phi) is 8.25. The highest BCUT2D eigenvalue weighted by Gasteiger charge is 2.39. The molecule has 0 spiro atoms. The second kappa shape index (κ2) is 10.4. The van der Waals surface area contributed by atoms with E-state index < -0.39 is 5.60 Å². The number of rotatable bonds is 7. The van der Waals surface area contributed by atoms with E-state index in [1.54, 1.807) is 7.11 Å². The average molecular weight is 391 g/mol. The minimum Gasteiger partial charge on any atom is -0.372 e. The number of methoxy groups -OCH3 is 1. The van der Waals surface area contributed by atoms with Crippen LogP contribution in [-0.2, 0) is 27.5 Å². The van der Waals surface area contributed by atoms with Crippen LogP contribution in [0.25, 0.3) is 0 Å². The van der Waals surface area contributed by atoms with Crippen LogP contribution in [0.5, 0.6) is 0 Å². The first-order valence-corrected chi connectivity index (χ1v) is 9.00. The molecule has 0 aliphatic carbocycles. The van der Waals surface area contributed by atoms with Crippen LogP contribution in [0.2, 0.25) is 0 Å². The molecule has 1 aliphatic heterocycles. The smallest absolute Gasteiger partial charge is 0.256 e. The molecule has 1 amide bonds. The zero-order valence-electron chi connectivity index (χ0n) is 15.6. The van der Waals surface area contributed by atoms with Crippen molar-refractivity contribution in [2.45, 2.75) is 31.7 Å². The van der Waals surface area contributed by atoms with Crippen LogP contribution in [-0.4, -0.2) is 31.7 Å². The Morgan fingerprint density at radius 1 is 1.00 bits per heavy atom. The normalized spacial score (nSPS) is 15.6. The minimum absolute atomic E-state index is 0. The molecule has 1 aliphatic rings. The molecule has 146 valence electrons. The Balaban J connectivity index is 0.00000261. The molecule has 1 heterocycles. The summed E-state index contributed by atoms with van der Waals surface area (Å²) in [7, 11) is 1.61. The minimum atomic E-state index is -0.733. The summed E-state index contributed by atoms with van der Waals surface area (Å²) in [5.41, 5.74) is 2.27. The second-order valence-corrected chi connectivity index (χ2v) is 6.58. The van der Waals surface area contributed by atoms with Crippen LogP contribution in [0.15, 0.2) is 54.6 Å². The van der Waals surface area contributed by atoms with Crippen LogP contribution < -0.4 is 10.6 Å². The van der Waals surface area contributed by atoms with Gasteiger partial charge >= 0.3 is 0 Å². The van der Waals surface area contributed by atoms with E-state index in [1.807, 2.05) is 54.6 Å². The molecule has 5 nitrogen and oxygen atoms in total. The summed E-state index contributed by atoms with van der Waals surface area (Å²) in [6, 6.07) is 17.9. The molecular formula is C21H27ClN2O3. The van der Waals surface area contributed by atoms with Crippen molar-refractivity contribution in [1.29, 1.82) is 0 Å². The van der Waals surface area contributed by atoms with Crippen molar-refractivity contribution in [3.8, 4) is 0 Å². The lowest BCUT2D eigenvalue weighted by Gasteiger charge is -2.34. The van der Waals surface area contributed by atoms with E-state index in [4.69, 9.17) is 9.47 Å². The number of ether oxygens (including phenoxy) is 2. The SMILES string of the molecule is COC1(C(=O)Nc2ccc(COCc3ccccc3)cc2)CCNCC1.Cl. The fraction of sp³-hybridized carbons (Fsp3) is 0.381. The van der Waals surface area contributed by atoms with E-state index >= 15 is 0 Å². The number of carbonyl (C=O) groups excluding carboxylic acids is 1. The Morgan fingerprint density at radius 3 is 2.19 bits per heavy atom. The maximum absolute atomic E-state index is 12.6. The monoisotopic (exact) mass is 390 g/mol. The van der Waals surface area contributed by atoms with Gasteiger partial charge < -0.3 is 20.1 Å². The topological polar surface area (TPSA) is 59.6 Å². The van der Waals surface area contributed by atoms with Crippen LogP contribution >= 0.6 is 12.4 Å². The zero-order valence-corrected chi connectivity index (χ0v) is 16.4. The Bertz CT molecular complexity index is 701. The van der Waals surface area contributed by atoms with Gasteiger partial charge in [-0.2, -0.15) is 0 Å². The van der Waals surface area contributed by atoms with E-state index in [-0.39, 0.29) is 18.3 Å². The van der Waals surface area contributed by atoms with Gasteiger partial charge in [0.05, 0.1) is 13.2 Å². The first-order chi connectivity index (χ1) is 12.7. The summed E-state index contributed by atoms with van der Waals surface area (Å²) in [5, 5.41) is 6.24. The van der Waals surface area contributed by atoms with Crippen molar-refractivity contribution >= 4 is 24.0 Å². The Hall–Kier alpha value is -1.92. The number of amides is 1. The maximum Gasteiger partial charge on any atom is 0.256 e. The number of halogens is 1. The second-order valence-electron chi connectivity index (χ2n) is 6.58. The molecule has 2 N–H and O–H groups in total. The predicted molar refractivity (Wildman–Crippen MR) is 109 cm³/mol. The van der Waals surface area contributed by atoms with Crippen molar-refractivity contribution in [3.05, 3.63) is 65.7 Å². The zero-order chi connectivity index (χ0) is 18.2. The molecule has 2 aromatic carbocycles. The van der Waals surface area contributed by atoms with Gasteiger partial charge in [-0.05, 0) is 49.2 Å². The number of piperidine rings is 1. The average Bonchev–Trinajstić information content (AvgIpc) is 2.70. The largest absolute Gasteiger partial charge is 0.372 e. The molecule has 0 aromatic heterocycles. The first kappa shape index (κ1) is 21.4. The van der Waals surface area contributed by atoms with Crippen LogP contribution in [0.4, 0.5) is 5.69 Å². The highest BCUT2D eigenvalue weighted by Crippen LogP contribution is 2.24. The molecule has 1 saturated heterocycles. The summed E-state index contributed by atoms with van der Waals surface area (Å²) < 4.78 is 11.3. The predicted octanol–water partition coefficient (Wildman–Crippen LogP) is 3.53. The van der Waals surface area contributed by atoms with Gasteiger partial charge in [-0.15, -0.1) is 12.4 Å². The van der Waals surface area contributed by atoms with Gasteiger partial charge in [-0.3, -0.25) is 4.79 Å². The highest BCUT2D eigenvalue weighted by molar-refractivity contribution is 5.97. The molecule has 27 heavy (non-hydrogen) atoms. The quantitative estimate of drug-likeness (QED) is 0.759. The number of nitrogens with one attached hydrogen (secondary N) is 2. The molecule has 0 atom stereocenters. The third-order valence-electron chi connectivity index (χ3n) is 4.81. The molecule has 1 fully saturated rings. The van der Waals surface area contributed by atoms with Crippen LogP contribution in [0.1, 0.15) is 24.0 Å². The van der Waals surface area contributed by atoms with Gasteiger partial charge in [0.15, 0.2) is 0 Å². The van der Waals surface area contributed by atoms with Gasteiger partial charge in [-0.25, -0.2) is 0 Å². The number of benzene rings is 2. The number of hydrogen-bond acceptors (Lipinski definition) is 4. The van der Waals surface area contributed by atoms with E-state index in [2.05, 4.69) is 10.6 Å². The molecule has 2 aromatic rings. The van der Waals surface area contributed by atoms with Crippen molar-refractivity contribution in [3.63, 3.8) is 0 Å². The van der Waals surface area contributed by atoms with Gasteiger partial charge in [0, 0.05) is 12.8 Å². The van der Waals surface area contributed by atoms with Crippen molar-refractivity contribution in [1.82, 2.24) is 5.32 Å². The number of carbonyl (C=O) groups is 1. The summed E-state index contributed by atoms with van der Waals surface area (Å²) in [4.78, 5) is 12.6. The Labute approximate surface area is 166 Å². The summed E-state index contributed by atoms with van der Waals surface area (Å²) >= 11 is 0. The molecule has 0 radical (unpaired) electrons. The lowest BCUT2D eigenvalue weighted by atomic mass is 9.91. The fourth-order valence-corrected chi connectivity index (χ4v) is 3.14. The van der Waals surface area contributed by atoms with E-state index in [0.717, 1.165) is 29.9 Å². The highest BCUT2D eigenvalue weighted by atomic mass is 35.5. The third-order valence-corrected chi connectivity index (χ3v) is 4.81. The lowest BCUT2D eigenvalue weighted by Crippen LogP contribution is -2.51. The number of anilines is 1. The fourth-order valence-electron chi connectivity index (χ4n) is 3.14. The van der Waals surface area contributed by atoms with E-state index in [0.29, 0.717) is 26.1 Å². The standard InChI is InChI=1S/C21H26N2O3.ClH/c1-25-21(11-13-22-14-12-21)20(24)23-19-9-7-18(8-10-19)16-26-15-17-5-3-2-4-6-17;/h2-10,22H,11-16H2,1H3,(H,23,24);1H. The van der Waals surface area contributed by atoms with Gasteiger partial charge in [0.25, 0.3) is 5.91 Å².